The summed E-state index contributed by atoms with van der Waals surface area (Å²) in [6.45, 7) is 5.92. The number of aromatic nitrogens is 1. The molecule has 0 aromatic carbocycles. The van der Waals surface area contributed by atoms with Gasteiger partial charge >= 0.3 is 13.2 Å². The van der Waals surface area contributed by atoms with Crippen LogP contribution in [0.1, 0.15) is 32.8 Å². The van der Waals surface area contributed by atoms with Crippen molar-refractivity contribution in [2.75, 3.05) is 11.4 Å². The first-order valence-electron chi connectivity index (χ1n) is 6.64. The molecule has 1 aromatic rings. The number of aryl methyl sites for hydroxylation is 1. The molecule has 20 heavy (non-hydrogen) atoms. The third-order valence-electron chi connectivity index (χ3n) is 2.94. The highest BCUT2D eigenvalue weighted by molar-refractivity contribution is 6.57. The summed E-state index contributed by atoms with van der Waals surface area (Å²) in [6.07, 6.45) is 1.17. The first-order chi connectivity index (χ1) is 9.28. The maximum atomic E-state index is 12.2. The van der Waals surface area contributed by atoms with Crippen LogP contribution >= 0.6 is 0 Å². The zero-order chi connectivity index (χ0) is 14.9. The Balaban J connectivity index is 2.31. The van der Waals surface area contributed by atoms with Gasteiger partial charge in [0, 0.05) is 6.54 Å². The van der Waals surface area contributed by atoms with Gasteiger partial charge in [-0.1, -0.05) is 6.07 Å². The molecular weight excluding hydrogens is 259 g/mol. The summed E-state index contributed by atoms with van der Waals surface area (Å²) < 4.78 is 5.36. The van der Waals surface area contributed by atoms with E-state index in [2.05, 4.69) is 4.98 Å². The summed E-state index contributed by atoms with van der Waals surface area (Å²) in [7, 11) is -1.65. The third-order valence-corrected chi connectivity index (χ3v) is 2.94. The number of amides is 1. The molecule has 0 unspecified atom stereocenters. The number of hydrogen-bond donors (Lipinski definition) is 2. The second-order valence-electron chi connectivity index (χ2n) is 5.83. The molecule has 1 aromatic heterocycles. The second kappa shape index (κ2) is 5.42. The molecule has 0 bridgehead atoms. The van der Waals surface area contributed by atoms with Crippen LogP contribution in [0.5, 0.6) is 0 Å². The lowest BCUT2D eigenvalue weighted by Crippen LogP contribution is -2.42. The molecule has 1 aliphatic rings. The molecule has 1 amide bonds. The average molecular weight is 278 g/mol. The topological polar surface area (TPSA) is 82.9 Å². The minimum atomic E-state index is -1.65. The van der Waals surface area contributed by atoms with E-state index in [9.17, 15) is 14.8 Å². The van der Waals surface area contributed by atoms with E-state index in [0.717, 1.165) is 18.4 Å². The monoisotopic (exact) mass is 278 g/mol. The van der Waals surface area contributed by atoms with Gasteiger partial charge in [0.1, 0.15) is 11.4 Å². The number of fused-ring (bicyclic) bond motifs is 1. The van der Waals surface area contributed by atoms with Gasteiger partial charge in [0.25, 0.3) is 0 Å². The second-order valence-corrected chi connectivity index (χ2v) is 5.83. The van der Waals surface area contributed by atoms with Crippen molar-refractivity contribution in [1.29, 1.82) is 0 Å². The van der Waals surface area contributed by atoms with Crippen molar-refractivity contribution < 1.29 is 19.6 Å². The SMILES string of the molecule is CC(C)(C)OC(=O)N1CCCc2ccc(B(O)O)nc21. The molecule has 2 rings (SSSR count). The normalized spacial score (nSPS) is 14.8. The number of rotatable bonds is 1. The summed E-state index contributed by atoms with van der Waals surface area (Å²) >= 11 is 0. The predicted molar refractivity (Wildman–Crippen MR) is 76.0 cm³/mol. The molecule has 6 nitrogen and oxygen atoms in total. The summed E-state index contributed by atoms with van der Waals surface area (Å²) in [5.74, 6) is 0.455. The molecule has 0 atom stereocenters. The predicted octanol–water partition coefficient (Wildman–Crippen LogP) is 0.449. The molecule has 2 heterocycles. The van der Waals surface area contributed by atoms with Gasteiger partial charge in [0.05, 0.1) is 5.59 Å². The molecule has 0 spiro atoms. The fourth-order valence-electron chi connectivity index (χ4n) is 2.09. The Kier molecular flexibility index (Phi) is 4.01. The Hall–Kier alpha value is -1.60. The van der Waals surface area contributed by atoms with Crippen LogP contribution in [0.3, 0.4) is 0 Å². The van der Waals surface area contributed by atoms with Gasteiger partial charge in [0.2, 0.25) is 0 Å². The largest absolute Gasteiger partial charge is 0.508 e. The number of carbonyl (C=O) groups excluding carboxylic acids is 1. The molecule has 108 valence electrons. The number of anilines is 1. The molecule has 0 saturated heterocycles. The van der Waals surface area contributed by atoms with Crippen molar-refractivity contribution in [3.05, 3.63) is 17.7 Å². The van der Waals surface area contributed by atoms with Gasteiger partial charge in [-0.25, -0.2) is 9.78 Å². The lowest BCUT2D eigenvalue weighted by Gasteiger charge is -2.31. The van der Waals surface area contributed by atoms with Gasteiger partial charge in [-0.05, 0) is 45.2 Å². The lowest BCUT2D eigenvalue weighted by atomic mass is 9.85. The highest BCUT2D eigenvalue weighted by Crippen LogP contribution is 2.25. The van der Waals surface area contributed by atoms with E-state index in [0.29, 0.717) is 12.4 Å². The lowest BCUT2D eigenvalue weighted by molar-refractivity contribution is 0.0576. The van der Waals surface area contributed by atoms with Crippen molar-refractivity contribution in [3.63, 3.8) is 0 Å². The van der Waals surface area contributed by atoms with E-state index in [4.69, 9.17) is 4.74 Å². The average Bonchev–Trinajstić information content (AvgIpc) is 2.35. The van der Waals surface area contributed by atoms with Crippen molar-refractivity contribution in [1.82, 2.24) is 4.98 Å². The summed E-state index contributed by atoms with van der Waals surface area (Å²) in [5.41, 5.74) is 0.453. The van der Waals surface area contributed by atoms with Crippen LogP contribution in [0.25, 0.3) is 0 Å². The highest BCUT2D eigenvalue weighted by atomic mass is 16.6. The molecule has 0 radical (unpaired) electrons. The number of nitrogens with zero attached hydrogens (tertiary/aromatic N) is 2. The van der Waals surface area contributed by atoms with Gasteiger partial charge in [-0.2, -0.15) is 0 Å². The number of carbonyl (C=O) groups is 1. The number of ether oxygens (including phenoxy) is 1. The Morgan fingerprint density at radius 3 is 2.70 bits per heavy atom. The maximum Gasteiger partial charge on any atom is 0.508 e. The van der Waals surface area contributed by atoms with Crippen molar-refractivity contribution in [3.8, 4) is 0 Å². The van der Waals surface area contributed by atoms with Crippen LogP contribution in [-0.4, -0.2) is 40.4 Å². The van der Waals surface area contributed by atoms with Gasteiger partial charge < -0.3 is 14.8 Å². The van der Waals surface area contributed by atoms with E-state index in [-0.39, 0.29) is 5.59 Å². The van der Waals surface area contributed by atoms with Crippen LogP contribution in [0.15, 0.2) is 12.1 Å². The first-order valence-corrected chi connectivity index (χ1v) is 6.64. The van der Waals surface area contributed by atoms with Crippen molar-refractivity contribution in [2.24, 2.45) is 0 Å². The summed E-state index contributed by atoms with van der Waals surface area (Å²) in [4.78, 5) is 17.8. The molecule has 0 fully saturated rings. The van der Waals surface area contributed by atoms with Gasteiger partial charge in [-0.15, -0.1) is 0 Å². The number of hydrogen-bond acceptors (Lipinski definition) is 5. The molecule has 1 aliphatic heterocycles. The van der Waals surface area contributed by atoms with Gasteiger partial charge in [-0.3, -0.25) is 4.90 Å². The summed E-state index contributed by atoms with van der Waals surface area (Å²) in [5, 5.41) is 18.4. The van der Waals surface area contributed by atoms with E-state index in [1.165, 1.54) is 4.90 Å². The molecule has 7 heteroatoms. The van der Waals surface area contributed by atoms with Crippen molar-refractivity contribution >= 4 is 24.6 Å². The Labute approximate surface area is 118 Å². The minimum absolute atomic E-state index is 0.124. The van der Waals surface area contributed by atoms with Crippen LogP contribution in [0.2, 0.25) is 0 Å². The molecule has 0 saturated carbocycles. The van der Waals surface area contributed by atoms with Crippen molar-refractivity contribution in [2.45, 2.75) is 39.2 Å². The van der Waals surface area contributed by atoms with Crippen LogP contribution in [0, 0.1) is 0 Å². The van der Waals surface area contributed by atoms with Crippen LogP contribution in [0.4, 0.5) is 10.6 Å². The highest BCUT2D eigenvalue weighted by Gasteiger charge is 2.29. The Morgan fingerprint density at radius 1 is 1.40 bits per heavy atom. The molecular formula is C13H19BN2O4. The zero-order valence-corrected chi connectivity index (χ0v) is 12.0. The fourth-order valence-corrected chi connectivity index (χ4v) is 2.09. The van der Waals surface area contributed by atoms with E-state index in [1.807, 2.05) is 0 Å². The summed E-state index contributed by atoms with van der Waals surface area (Å²) in [6, 6.07) is 3.33. The Morgan fingerprint density at radius 2 is 2.10 bits per heavy atom. The standard InChI is InChI=1S/C13H19BN2O4/c1-13(2,3)20-12(17)16-8-4-5-9-6-7-10(14(18)19)15-11(9)16/h6-7,18-19H,4-5,8H2,1-3H3. The number of pyridine rings is 1. The fraction of sp³-hybridized carbons (Fsp3) is 0.538. The van der Waals surface area contributed by atoms with E-state index >= 15 is 0 Å². The quantitative estimate of drug-likeness (QED) is 0.729. The first kappa shape index (κ1) is 14.8. The smallest absolute Gasteiger partial charge is 0.443 e. The van der Waals surface area contributed by atoms with E-state index < -0.39 is 18.8 Å². The minimum Gasteiger partial charge on any atom is -0.443 e. The molecule has 2 N–H and O–H groups in total. The molecule has 0 aliphatic carbocycles. The Bertz CT molecular complexity index is 514. The van der Waals surface area contributed by atoms with Gasteiger partial charge in [0.15, 0.2) is 0 Å². The zero-order valence-electron chi connectivity index (χ0n) is 12.0. The maximum absolute atomic E-state index is 12.2. The van der Waals surface area contributed by atoms with Crippen LogP contribution in [-0.2, 0) is 11.2 Å². The third kappa shape index (κ3) is 3.29. The van der Waals surface area contributed by atoms with Crippen LogP contribution < -0.4 is 10.5 Å². The van der Waals surface area contributed by atoms with E-state index in [1.54, 1.807) is 32.9 Å².